The lowest BCUT2D eigenvalue weighted by molar-refractivity contribution is -0.129. The van der Waals surface area contributed by atoms with Gasteiger partial charge in [0.2, 0.25) is 12.7 Å². The van der Waals surface area contributed by atoms with E-state index in [1.807, 2.05) is 29.6 Å². The van der Waals surface area contributed by atoms with Crippen molar-refractivity contribution in [3.05, 3.63) is 75.9 Å². The van der Waals surface area contributed by atoms with Crippen molar-refractivity contribution in [2.75, 3.05) is 6.79 Å². The second-order valence-electron chi connectivity index (χ2n) is 6.24. The molecule has 2 aromatic carbocycles. The summed E-state index contributed by atoms with van der Waals surface area (Å²) in [6.07, 6.45) is 1.67. The lowest BCUT2D eigenvalue weighted by Gasteiger charge is -2.04. The van der Waals surface area contributed by atoms with Gasteiger partial charge < -0.3 is 18.9 Å². The molecule has 8 heteroatoms. The maximum absolute atomic E-state index is 12.2. The van der Waals surface area contributed by atoms with Crippen molar-refractivity contribution >= 4 is 29.3 Å². The minimum atomic E-state index is -0.499. The minimum Gasteiger partial charge on any atom is -0.487 e. The summed E-state index contributed by atoms with van der Waals surface area (Å²) >= 11 is 1.53. The molecule has 3 heterocycles. The molecular formula is C21H14N2O5S. The van der Waals surface area contributed by atoms with Crippen LogP contribution in [0.5, 0.6) is 17.2 Å². The number of carbonyl (C=O) groups is 1. The van der Waals surface area contributed by atoms with Crippen LogP contribution in [-0.4, -0.2) is 23.6 Å². The Morgan fingerprint density at radius 3 is 2.79 bits per heavy atom. The highest BCUT2D eigenvalue weighted by Crippen LogP contribution is 2.33. The Labute approximate surface area is 169 Å². The van der Waals surface area contributed by atoms with E-state index in [1.54, 1.807) is 29.8 Å². The lowest BCUT2D eigenvalue weighted by Crippen LogP contribution is -2.05. The largest absolute Gasteiger partial charge is 0.487 e. The number of nitrogens with zero attached hydrogens (tertiary/aromatic N) is 2. The fourth-order valence-corrected chi connectivity index (χ4v) is 3.39. The molecule has 0 bridgehead atoms. The molecule has 29 heavy (non-hydrogen) atoms. The van der Waals surface area contributed by atoms with Gasteiger partial charge in [0.15, 0.2) is 17.2 Å². The Balaban J connectivity index is 1.31. The van der Waals surface area contributed by atoms with Gasteiger partial charge in [-0.05, 0) is 42.0 Å². The molecule has 0 saturated carbocycles. The first kappa shape index (κ1) is 17.4. The van der Waals surface area contributed by atoms with Gasteiger partial charge >= 0.3 is 5.97 Å². The van der Waals surface area contributed by atoms with Crippen molar-refractivity contribution in [3.8, 4) is 17.2 Å². The maximum atomic E-state index is 12.2. The van der Waals surface area contributed by atoms with Crippen LogP contribution in [0.4, 0.5) is 0 Å². The standard InChI is InChI=1S/C21H14N2O5S/c24-21-17(23-20(28-21)14-3-6-18-19(8-14)27-12-26-18)7-13-1-4-16(5-2-13)25-9-15-10-29-11-22-15/h1-8,10-11H,9,12H2. The van der Waals surface area contributed by atoms with Crippen molar-refractivity contribution in [2.24, 2.45) is 4.99 Å². The van der Waals surface area contributed by atoms with Crippen molar-refractivity contribution < 1.29 is 23.7 Å². The number of benzene rings is 2. The third-order valence-corrected chi connectivity index (χ3v) is 4.93. The fraction of sp³-hybridized carbons (Fsp3) is 0.0952. The highest BCUT2D eigenvalue weighted by atomic mass is 32.1. The van der Waals surface area contributed by atoms with Crippen LogP contribution in [0.25, 0.3) is 6.08 Å². The van der Waals surface area contributed by atoms with Crippen LogP contribution < -0.4 is 14.2 Å². The minimum absolute atomic E-state index is 0.180. The average molecular weight is 406 g/mol. The monoisotopic (exact) mass is 406 g/mol. The van der Waals surface area contributed by atoms with E-state index in [-0.39, 0.29) is 18.4 Å². The van der Waals surface area contributed by atoms with Crippen LogP contribution >= 0.6 is 11.3 Å². The second-order valence-corrected chi connectivity index (χ2v) is 6.96. The second kappa shape index (κ2) is 7.40. The summed E-state index contributed by atoms with van der Waals surface area (Å²) in [5.41, 5.74) is 4.35. The van der Waals surface area contributed by atoms with Gasteiger partial charge in [-0.15, -0.1) is 11.3 Å². The van der Waals surface area contributed by atoms with Gasteiger partial charge in [0, 0.05) is 10.9 Å². The maximum Gasteiger partial charge on any atom is 0.363 e. The van der Waals surface area contributed by atoms with Crippen LogP contribution in [0.15, 0.2) is 64.0 Å². The topological polar surface area (TPSA) is 79.2 Å². The molecule has 1 aromatic heterocycles. The molecule has 0 saturated heterocycles. The molecule has 0 spiro atoms. The first-order valence-electron chi connectivity index (χ1n) is 8.77. The molecule has 0 fully saturated rings. The molecule has 5 rings (SSSR count). The Bertz CT molecular complexity index is 1120. The van der Waals surface area contributed by atoms with Gasteiger partial charge in [0.1, 0.15) is 12.4 Å². The van der Waals surface area contributed by atoms with Gasteiger partial charge in [-0.3, -0.25) is 0 Å². The first-order chi connectivity index (χ1) is 14.2. The molecule has 0 unspecified atom stereocenters. The first-order valence-corrected chi connectivity index (χ1v) is 9.71. The van der Waals surface area contributed by atoms with Crippen LogP contribution in [0.2, 0.25) is 0 Å². The van der Waals surface area contributed by atoms with Gasteiger partial charge in [0.05, 0.1) is 11.2 Å². The zero-order chi connectivity index (χ0) is 19.6. The van der Waals surface area contributed by atoms with E-state index in [4.69, 9.17) is 18.9 Å². The molecule has 144 valence electrons. The van der Waals surface area contributed by atoms with Crippen molar-refractivity contribution in [1.82, 2.24) is 4.98 Å². The summed E-state index contributed by atoms with van der Waals surface area (Å²) in [5.74, 6) is 1.72. The van der Waals surface area contributed by atoms with Crippen LogP contribution in [0.1, 0.15) is 16.8 Å². The molecule has 3 aromatic rings. The predicted octanol–water partition coefficient (Wildman–Crippen LogP) is 3.80. The van der Waals surface area contributed by atoms with E-state index in [0.29, 0.717) is 23.7 Å². The number of thiazole rings is 1. The highest BCUT2D eigenvalue weighted by Gasteiger charge is 2.25. The van der Waals surface area contributed by atoms with Gasteiger partial charge in [0.25, 0.3) is 0 Å². The summed E-state index contributed by atoms with van der Waals surface area (Å²) in [5, 5.41) is 1.94. The highest BCUT2D eigenvalue weighted by molar-refractivity contribution is 7.07. The number of hydrogen-bond acceptors (Lipinski definition) is 8. The van der Waals surface area contributed by atoms with Crippen LogP contribution in [-0.2, 0) is 16.1 Å². The number of ether oxygens (including phenoxy) is 4. The van der Waals surface area contributed by atoms with E-state index in [0.717, 1.165) is 17.0 Å². The van der Waals surface area contributed by atoms with Crippen LogP contribution in [0, 0.1) is 0 Å². The number of esters is 1. The molecule has 2 aliphatic rings. The molecule has 0 radical (unpaired) electrons. The van der Waals surface area contributed by atoms with Crippen LogP contribution in [0.3, 0.4) is 0 Å². The fourth-order valence-electron chi connectivity index (χ4n) is 2.85. The van der Waals surface area contributed by atoms with Crippen molar-refractivity contribution in [3.63, 3.8) is 0 Å². The third-order valence-electron chi connectivity index (χ3n) is 4.29. The van der Waals surface area contributed by atoms with Gasteiger partial charge in [-0.2, -0.15) is 0 Å². The van der Waals surface area contributed by atoms with Gasteiger partial charge in [-0.25, -0.2) is 14.8 Å². The molecule has 0 atom stereocenters. The summed E-state index contributed by atoms with van der Waals surface area (Å²) in [6, 6.07) is 12.7. The average Bonchev–Trinajstić information content (AvgIpc) is 3.48. The Morgan fingerprint density at radius 1 is 1.10 bits per heavy atom. The third kappa shape index (κ3) is 3.70. The number of fused-ring (bicyclic) bond motifs is 1. The normalized spacial score (nSPS) is 16.1. The van der Waals surface area contributed by atoms with E-state index in [1.165, 1.54) is 11.3 Å². The molecule has 2 aliphatic heterocycles. The SMILES string of the molecule is O=C1OC(c2ccc3c(c2)OCO3)=NC1=Cc1ccc(OCc2cscn2)cc1. The van der Waals surface area contributed by atoms with Gasteiger partial charge in [-0.1, -0.05) is 12.1 Å². The van der Waals surface area contributed by atoms with E-state index in [9.17, 15) is 4.79 Å². The Kier molecular flexibility index (Phi) is 4.45. The number of carbonyl (C=O) groups excluding carboxylic acids is 1. The molecule has 0 aliphatic carbocycles. The lowest BCUT2D eigenvalue weighted by atomic mass is 10.2. The zero-order valence-corrected chi connectivity index (χ0v) is 15.8. The van der Waals surface area contributed by atoms with Crippen molar-refractivity contribution in [1.29, 1.82) is 0 Å². The smallest absolute Gasteiger partial charge is 0.363 e. The predicted molar refractivity (Wildman–Crippen MR) is 106 cm³/mol. The van der Waals surface area contributed by atoms with E-state index in [2.05, 4.69) is 9.98 Å². The Morgan fingerprint density at radius 2 is 1.97 bits per heavy atom. The summed E-state index contributed by atoms with van der Waals surface area (Å²) in [7, 11) is 0. The quantitative estimate of drug-likeness (QED) is 0.474. The summed E-state index contributed by atoms with van der Waals surface area (Å²) in [6.45, 7) is 0.596. The number of cyclic esters (lactones) is 1. The number of aromatic nitrogens is 1. The molecular weight excluding hydrogens is 392 g/mol. The number of rotatable bonds is 5. The summed E-state index contributed by atoms with van der Waals surface area (Å²) < 4.78 is 21.6. The number of aliphatic imine (C=N–C) groups is 1. The zero-order valence-electron chi connectivity index (χ0n) is 15.0. The number of hydrogen-bond donors (Lipinski definition) is 0. The molecule has 0 amide bonds. The van der Waals surface area contributed by atoms with E-state index >= 15 is 0 Å². The molecule has 0 N–H and O–H groups in total. The van der Waals surface area contributed by atoms with Crippen molar-refractivity contribution in [2.45, 2.75) is 6.61 Å². The summed E-state index contributed by atoms with van der Waals surface area (Å²) in [4.78, 5) is 20.7. The Hall–Kier alpha value is -3.65. The molecule has 7 nitrogen and oxygen atoms in total. The van der Waals surface area contributed by atoms with E-state index < -0.39 is 5.97 Å².